The lowest BCUT2D eigenvalue weighted by molar-refractivity contribution is 0.478. The molecular formula is C15H14BrClO. The summed E-state index contributed by atoms with van der Waals surface area (Å²) < 4.78 is 5.87. The minimum atomic E-state index is 0.631. The predicted octanol–water partition coefficient (Wildman–Crippen LogP) is 5.59. The molecular weight excluding hydrogens is 312 g/mol. The average Bonchev–Trinajstić information content (AvgIpc) is 2.42. The van der Waals surface area contributed by atoms with Gasteiger partial charge in [-0.1, -0.05) is 58.7 Å². The molecule has 0 unspecified atom stereocenters. The Labute approximate surface area is 121 Å². The third-order valence-electron chi connectivity index (χ3n) is 2.74. The van der Waals surface area contributed by atoms with Gasteiger partial charge in [-0.05, 0) is 30.2 Å². The van der Waals surface area contributed by atoms with E-state index in [-0.39, 0.29) is 0 Å². The van der Waals surface area contributed by atoms with Crippen LogP contribution < -0.4 is 4.74 Å². The first kappa shape index (κ1) is 13.4. The largest absolute Gasteiger partial charge is 0.455 e. The highest BCUT2D eigenvalue weighted by Crippen LogP contribution is 2.34. The van der Waals surface area contributed by atoms with Crippen LogP contribution in [0.1, 0.15) is 18.1 Å². The predicted molar refractivity (Wildman–Crippen MR) is 80.0 cm³/mol. The van der Waals surface area contributed by atoms with Crippen LogP contribution in [-0.4, -0.2) is 0 Å². The van der Waals surface area contributed by atoms with Crippen LogP contribution in [0.4, 0.5) is 0 Å². The summed E-state index contributed by atoms with van der Waals surface area (Å²) in [4.78, 5) is 0. The number of para-hydroxylation sites is 1. The van der Waals surface area contributed by atoms with Gasteiger partial charge >= 0.3 is 0 Å². The van der Waals surface area contributed by atoms with Gasteiger partial charge in [0.15, 0.2) is 0 Å². The molecule has 0 fully saturated rings. The summed E-state index contributed by atoms with van der Waals surface area (Å²) in [6, 6.07) is 13.8. The average molecular weight is 326 g/mol. The quantitative estimate of drug-likeness (QED) is 0.666. The molecule has 2 aromatic carbocycles. The molecule has 0 heterocycles. The van der Waals surface area contributed by atoms with Crippen LogP contribution >= 0.6 is 27.5 Å². The van der Waals surface area contributed by atoms with Gasteiger partial charge in [0, 0.05) is 10.9 Å². The van der Waals surface area contributed by atoms with E-state index in [2.05, 4.69) is 35.0 Å². The van der Waals surface area contributed by atoms with E-state index < -0.39 is 0 Å². The van der Waals surface area contributed by atoms with Crippen molar-refractivity contribution in [1.29, 1.82) is 0 Å². The van der Waals surface area contributed by atoms with E-state index in [1.807, 2.05) is 30.3 Å². The first-order valence-electron chi connectivity index (χ1n) is 5.84. The zero-order valence-electron chi connectivity index (χ0n) is 10.1. The fraction of sp³-hybridized carbons (Fsp3) is 0.200. The molecule has 0 atom stereocenters. The molecule has 0 aliphatic heterocycles. The number of halogens is 2. The second-order valence-corrected chi connectivity index (χ2v) is 4.93. The lowest BCUT2D eigenvalue weighted by atomic mass is 10.2. The van der Waals surface area contributed by atoms with Crippen molar-refractivity contribution in [1.82, 2.24) is 0 Å². The zero-order chi connectivity index (χ0) is 13.0. The molecule has 0 amide bonds. The van der Waals surface area contributed by atoms with Crippen molar-refractivity contribution in [3.8, 4) is 11.5 Å². The molecule has 0 aliphatic rings. The van der Waals surface area contributed by atoms with Crippen LogP contribution in [0.2, 0.25) is 5.02 Å². The van der Waals surface area contributed by atoms with Gasteiger partial charge in [-0.3, -0.25) is 0 Å². The van der Waals surface area contributed by atoms with Gasteiger partial charge in [-0.15, -0.1) is 0 Å². The summed E-state index contributed by atoms with van der Waals surface area (Å²) >= 11 is 9.61. The van der Waals surface area contributed by atoms with E-state index >= 15 is 0 Å². The van der Waals surface area contributed by atoms with Crippen LogP contribution in [0.25, 0.3) is 0 Å². The van der Waals surface area contributed by atoms with Crippen molar-refractivity contribution in [3.05, 3.63) is 58.6 Å². The molecule has 18 heavy (non-hydrogen) atoms. The fourth-order valence-corrected chi connectivity index (χ4v) is 2.36. The molecule has 0 spiro atoms. The lowest BCUT2D eigenvalue weighted by Crippen LogP contribution is -1.91. The maximum atomic E-state index is 6.17. The Morgan fingerprint density at radius 2 is 1.83 bits per heavy atom. The van der Waals surface area contributed by atoms with Crippen LogP contribution in [0.5, 0.6) is 11.5 Å². The van der Waals surface area contributed by atoms with Crippen LogP contribution in [0.15, 0.2) is 42.5 Å². The van der Waals surface area contributed by atoms with Gasteiger partial charge < -0.3 is 4.74 Å². The van der Waals surface area contributed by atoms with Gasteiger partial charge in [0.1, 0.15) is 11.5 Å². The van der Waals surface area contributed by atoms with Crippen LogP contribution in [0.3, 0.4) is 0 Å². The maximum Gasteiger partial charge on any atom is 0.150 e. The maximum absolute atomic E-state index is 6.17. The van der Waals surface area contributed by atoms with Crippen molar-refractivity contribution in [2.24, 2.45) is 0 Å². The zero-order valence-corrected chi connectivity index (χ0v) is 12.5. The number of hydrogen-bond acceptors (Lipinski definition) is 1. The monoisotopic (exact) mass is 324 g/mol. The molecule has 0 saturated carbocycles. The number of ether oxygens (including phenoxy) is 1. The first-order valence-corrected chi connectivity index (χ1v) is 7.34. The van der Waals surface area contributed by atoms with Crippen LogP contribution in [0, 0.1) is 0 Å². The van der Waals surface area contributed by atoms with Crippen molar-refractivity contribution in [2.45, 2.75) is 18.7 Å². The standard InChI is InChI=1S/C15H14BrClO/c1-2-11-6-8-13(9-7-11)18-15-12(10-16)4-3-5-14(15)17/h3-9H,2,10H2,1H3. The third-order valence-corrected chi connectivity index (χ3v) is 3.65. The lowest BCUT2D eigenvalue weighted by Gasteiger charge is -2.11. The molecule has 0 bridgehead atoms. The Hall–Kier alpha value is -0.990. The smallest absolute Gasteiger partial charge is 0.150 e. The minimum absolute atomic E-state index is 0.631. The number of hydrogen-bond donors (Lipinski definition) is 0. The highest BCUT2D eigenvalue weighted by Gasteiger charge is 2.08. The number of benzene rings is 2. The van der Waals surface area contributed by atoms with Crippen molar-refractivity contribution >= 4 is 27.5 Å². The number of aryl methyl sites for hydroxylation is 1. The Morgan fingerprint density at radius 1 is 1.11 bits per heavy atom. The van der Waals surface area contributed by atoms with Gasteiger partial charge in [0.2, 0.25) is 0 Å². The highest BCUT2D eigenvalue weighted by molar-refractivity contribution is 9.08. The molecule has 0 aliphatic carbocycles. The normalized spacial score (nSPS) is 10.4. The second-order valence-electron chi connectivity index (χ2n) is 3.96. The Morgan fingerprint density at radius 3 is 2.44 bits per heavy atom. The third kappa shape index (κ3) is 3.06. The van der Waals surface area contributed by atoms with E-state index in [1.54, 1.807) is 0 Å². The molecule has 1 nitrogen and oxygen atoms in total. The summed E-state index contributed by atoms with van der Waals surface area (Å²) in [5.41, 5.74) is 2.34. The molecule has 2 rings (SSSR count). The Balaban J connectivity index is 2.27. The number of rotatable bonds is 4. The highest BCUT2D eigenvalue weighted by atomic mass is 79.9. The van der Waals surface area contributed by atoms with Gasteiger partial charge in [-0.2, -0.15) is 0 Å². The molecule has 0 radical (unpaired) electrons. The van der Waals surface area contributed by atoms with E-state index in [1.165, 1.54) is 5.56 Å². The molecule has 0 saturated heterocycles. The second kappa shape index (κ2) is 6.26. The minimum Gasteiger partial charge on any atom is -0.455 e. The molecule has 3 heteroatoms. The summed E-state index contributed by atoms with van der Waals surface area (Å²) in [6.45, 7) is 2.13. The van der Waals surface area contributed by atoms with Crippen molar-refractivity contribution in [2.75, 3.05) is 0 Å². The molecule has 0 N–H and O–H groups in total. The van der Waals surface area contributed by atoms with E-state index in [0.717, 1.165) is 28.8 Å². The van der Waals surface area contributed by atoms with Crippen molar-refractivity contribution < 1.29 is 4.74 Å². The summed E-state index contributed by atoms with van der Waals surface area (Å²) in [5.74, 6) is 1.53. The van der Waals surface area contributed by atoms with Crippen LogP contribution in [-0.2, 0) is 11.8 Å². The SMILES string of the molecule is CCc1ccc(Oc2c(Cl)cccc2CBr)cc1. The van der Waals surface area contributed by atoms with E-state index in [0.29, 0.717) is 5.02 Å². The molecule has 2 aromatic rings. The van der Waals surface area contributed by atoms with Gasteiger partial charge in [-0.25, -0.2) is 0 Å². The topological polar surface area (TPSA) is 9.23 Å². The molecule has 0 aromatic heterocycles. The van der Waals surface area contributed by atoms with Gasteiger partial charge in [0.05, 0.1) is 5.02 Å². The first-order chi connectivity index (χ1) is 8.74. The Bertz CT molecular complexity index is 523. The van der Waals surface area contributed by atoms with Gasteiger partial charge in [0.25, 0.3) is 0 Å². The summed E-state index contributed by atoms with van der Waals surface area (Å²) in [6.07, 6.45) is 1.03. The van der Waals surface area contributed by atoms with E-state index in [9.17, 15) is 0 Å². The summed E-state index contributed by atoms with van der Waals surface area (Å²) in [7, 11) is 0. The fourth-order valence-electron chi connectivity index (χ4n) is 1.68. The Kier molecular flexibility index (Phi) is 4.67. The van der Waals surface area contributed by atoms with Crippen molar-refractivity contribution in [3.63, 3.8) is 0 Å². The van der Waals surface area contributed by atoms with E-state index in [4.69, 9.17) is 16.3 Å². The molecule has 94 valence electrons. The summed E-state index contributed by atoms with van der Waals surface area (Å²) in [5, 5.41) is 1.35. The number of alkyl halides is 1.